The molecule has 0 aliphatic rings. The molecule has 3 N–H and O–H groups in total. The third-order valence-corrected chi connectivity index (χ3v) is 2.61. The van der Waals surface area contributed by atoms with Crippen LogP contribution in [0.3, 0.4) is 0 Å². The fourth-order valence-electron chi connectivity index (χ4n) is 1.59. The van der Waals surface area contributed by atoms with Gasteiger partial charge in [-0.05, 0) is 17.7 Å². The summed E-state index contributed by atoms with van der Waals surface area (Å²) in [5.74, 6) is 2.23. The van der Waals surface area contributed by atoms with Gasteiger partial charge in [-0.3, -0.25) is 5.10 Å². The first-order valence-electron chi connectivity index (χ1n) is 5.55. The second-order valence-corrected chi connectivity index (χ2v) is 3.75. The number of benzene rings is 1. The van der Waals surface area contributed by atoms with E-state index < -0.39 is 0 Å². The lowest BCUT2D eigenvalue weighted by Crippen LogP contribution is -2.13. The fourth-order valence-corrected chi connectivity index (χ4v) is 1.59. The number of methoxy groups -OCH3 is 1. The van der Waals surface area contributed by atoms with Gasteiger partial charge in [0.25, 0.3) is 0 Å². The molecule has 5 heteroatoms. The number of hydrogen-bond acceptors (Lipinski definition) is 4. The molecule has 1 aromatic heterocycles. The van der Waals surface area contributed by atoms with Crippen LogP contribution in [0.15, 0.2) is 24.3 Å². The second kappa shape index (κ2) is 4.97. The van der Waals surface area contributed by atoms with Crippen LogP contribution in [0.25, 0.3) is 0 Å². The maximum atomic E-state index is 6.11. The molecule has 0 fully saturated rings. The van der Waals surface area contributed by atoms with Gasteiger partial charge in [-0.2, -0.15) is 5.10 Å². The number of H-pyrrole nitrogens is 1. The standard InChI is InChI=1S/C12H16N4O/c1-3-10-14-12(16-15-10)11(13)8-5-4-6-9(7-8)17-2/h4-7,11H,3,13H2,1-2H3,(H,14,15,16)/t11-/m1/s1. The van der Waals surface area contributed by atoms with Crippen molar-refractivity contribution in [3.63, 3.8) is 0 Å². The van der Waals surface area contributed by atoms with Crippen molar-refractivity contribution in [3.05, 3.63) is 41.5 Å². The van der Waals surface area contributed by atoms with Crippen LogP contribution in [0.4, 0.5) is 0 Å². The summed E-state index contributed by atoms with van der Waals surface area (Å²) in [6.07, 6.45) is 0.817. The molecule has 1 heterocycles. The lowest BCUT2D eigenvalue weighted by atomic mass is 10.1. The first kappa shape index (κ1) is 11.6. The van der Waals surface area contributed by atoms with E-state index in [0.717, 1.165) is 23.6 Å². The first-order valence-corrected chi connectivity index (χ1v) is 5.55. The normalized spacial score (nSPS) is 12.4. The van der Waals surface area contributed by atoms with Crippen LogP contribution in [-0.4, -0.2) is 22.3 Å². The molecule has 1 atom stereocenters. The van der Waals surface area contributed by atoms with Crippen LogP contribution in [-0.2, 0) is 6.42 Å². The summed E-state index contributed by atoms with van der Waals surface area (Å²) < 4.78 is 5.16. The Morgan fingerprint density at radius 1 is 1.47 bits per heavy atom. The minimum atomic E-state index is -0.332. The van der Waals surface area contributed by atoms with Crippen molar-refractivity contribution in [2.45, 2.75) is 19.4 Å². The lowest BCUT2D eigenvalue weighted by Gasteiger charge is -2.09. The first-order chi connectivity index (χ1) is 8.24. The third-order valence-electron chi connectivity index (χ3n) is 2.61. The summed E-state index contributed by atoms with van der Waals surface area (Å²) in [7, 11) is 1.63. The zero-order valence-electron chi connectivity index (χ0n) is 9.97. The second-order valence-electron chi connectivity index (χ2n) is 3.75. The van der Waals surface area contributed by atoms with Gasteiger partial charge in [0, 0.05) is 6.42 Å². The number of nitrogens with two attached hydrogens (primary N) is 1. The Balaban J connectivity index is 2.26. The molecule has 0 saturated carbocycles. The van der Waals surface area contributed by atoms with Gasteiger partial charge in [0.15, 0.2) is 5.82 Å². The summed E-state index contributed by atoms with van der Waals surface area (Å²) in [5.41, 5.74) is 7.04. The van der Waals surface area contributed by atoms with E-state index in [1.165, 1.54) is 0 Å². The van der Waals surface area contributed by atoms with E-state index in [0.29, 0.717) is 5.82 Å². The predicted octanol–water partition coefficient (Wildman–Crippen LogP) is 1.42. The Hall–Kier alpha value is -1.88. The van der Waals surface area contributed by atoms with Crippen molar-refractivity contribution < 1.29 is 4.74 Å². The van der Waals surface area contributed by atoms with Crippen molar-refractivity contribution in [3.8, 4) is 5.75 Å². The van der Waals surface area contributed by atoms with Gasteiger partial charge < -0.3 is 10.5 Å². The number of aromatic amines is 1. The number of aryl methyl sites for hydroxylation is 1. The van der Waals surface area contributed by atoms with Crippen LogP contribution in [0, 0.1) is 0 Å². The summed E-state index contributed by atoms with van der Waals surface area (Å²) >= 11 is 0. The van der Waals surface area contributed by atoms with Gasteiger partial charge in [0.05, 0.1) is 13.2 Å². The number of hydrogen-bond donors (Lipinski definition) is 2. The Labute approximate surface area is 100 Å². The van der Waals surface area contributed by atoms with Gasteiger partial charge >= 0.3 is 0 Å². The van der Waals surface area contributed by atoms with Gasteiger partial charge in [-0.15, -0.1) is 0 Å². The molecular weight excluding hydrogens is 216 g/mol. The Bertz CT molecular complexity index is 495. The van der Waals surface area contributed by atoms with Crippen molar-refractivity contribution in [1.82, 2.24) is 15.2 Å². The highest BCUT2D eigenvalue weighted by Crippen LogP contribution is 2.20. The molecular formula is C12H16N4O. The monoisotopic (exact) mass is 232 g/mol. The Kier molecular flexibility index (Phi) is 3.39. The Morgan fingerprint density at radius 2 is 2.29 bits per heavy atom. The van der Waals surface area contributed by atoms with Crippen LogP contribution in [0.5, 0.6) is 5.75 Å². The van der Waals surface area contributed by atoms with Crippen LogP contribution >= 0.6 is 0 Å². The number of rotatable bonds is 4. The molecule has 0 radical (unpaired) electrons. The number of aromatic nitrogens is 3. The molecule has 0 bridgehead atoms. The number of nitrogens with zero attached hydrogens (tertiary/aromatic N) is 2. The van der Waals surface area contributed by atoms with E-state index in [9.17, 15) is 0 Å². The van der Waals surface area contributed by atoms with E-state index in [-0.39, 0.29) is 6.04 Å². The molecule has 17 heavy (non-hydrogen) atoms. The molecule has 0 amide bonds. The van der Waals surface area contributed by atoms with Crippen molar-refractivity contribution >= 4 is 0 Å². The molecule has 90 valence electrons. The molecule has 5 nitrogen and oxygen atoms in total. The molecule has 0 unspecified atom stereocenters. The SMILES string of the molecule is CCc1nc([C@H](N)c2cccc(OC)c2)n[nH]1. The van der Waals surface area contributed by atoms with Crippen LogP contribution in [0.1, 0.15) is 30.2 Å². The topological polar surface area (TPSA) is 76.8 Å². The fraction of sp³-hybridized carbons (Fsp3) is 0.333. The number of ether oxygens (including phenoxy) is 1. The quantitative estimate of drug-likeness (QED) is 0.835. The largest absolute Gasteiger partial charge is 0.497 e. The van der Waals surface area contributed by atoms with Crippen LogP contribution in [0.2, 0.25) is 0 Å². The molecule has 0 spiro atoms. The van der Waals surface area contributed by atoms with Crippen molar-refractivity contribution in [1.29, 1.82) is 0 Å². The van der Waals surface area contributed by atoms with Gasteiger partial charge in [0.2, 0.25) is 0 Å². The number of nitrogens with one attached hydrogen (secondary N) is 1. The van der Waals surface area contributed by atoms with Crippen molar-refractivity contribution in [2.24, 2.45) is 5.73 Å². The van der Waals surface area contributed by atoms with E-state index >= 15 is 0 Å². The third kappa shape index (κ3) is 2.45. The molecule has 1 aromatic carbocycles. The summed E-state index contributed by atoms with van der Waals surface area (Å²) in [6, 6.07) is 7.29. The molecule has 2 aromatic rings. The van der Waals surface area contributed by atoms with E-state index in [4.69, 9.17) is 10.5 Å². The molecule has 0 aliphatic heterocycles. The van der Waals surface area contributed by atoms with Crippen LogP contribution < -0.4 is 10.5 Å². The summed E-state index contributed by atoms with van der Waals surface area (Å²) in [4.78, 5) is 4.33. The highest BCUT2D eigenvalue weighted by molar-refractivity contribution is 5.32. The zero-order chi connectivity index (χ0) is 12.3. The van der Waals surface area contributed by atoms with Crippen molar-refractivity contribution in [2.75, 3.05) is 7.11 Å². The molecule has 2 rings (SSSR count). The highest BCUT2D eigenvalue weighted by atomic mass is 16.5. The summed E-state index contributed by atoms with van der Waals surface area (Å²) in [6.45, 7) is 2.02. The van der Waals surface area contributed by atoms with Gasteiger partial charge in [0.1, 0.15) is 11.6 Å². The van der Waals surface area contributed by atoms with E-state index in [2.05, 4.69) is 15.2 Å². The minimum absolute atomic E-state index is 0.332. The zero-order valence-corrected chi connectivity index (χ0v) is 9.97. The average Bonchev–Trinajstić information content (AvgIpc) is 2.86. The minimum Gasteiger partial charge on any atom is -0.497 e. The highest BCUT2D eigenvalue weighted by Gasteiger charge is 2.14. The molecule has 0 saturated heterocycles. The molecule has 0 aliphatic carbocycles. The average molecular weight is 232 g/mol. The summed E-state index contributed by atoms with van der Waals surface area (Å²) in [5, 5.41) is 6.98. The predicted molar refractivity (Wildman–Crippen MR) is 64.8 cm³/mol. The smallest absolute Gasteiger partial charge is 0.171 e. The van der Waals surface area contributed by atoms with E-state index in [1.54, 1.807) is 7.11 Å². The van der Waals surface area contributed by atoms with Gasteiger partial charge in [-0.25, -0.2) is 4.98 Å². The Morgan fingerprint density at radius 3 is 2.94 bits per heavy atom. The maximum Gasteiger partial charge on any atom is 0.171 e. The lowest BCUT2D eigenvalue weighted by molar-refractivity contribution is 0.414. The maximum absolute atomic E-state index is 6.11. The van der Waals surface area contributed by atoms with E-state index in [1.807, 2.05) is 31.2 Å². The van der Waals surface area contributed by atoms with Gasteiger partial charge in [-0.1, -0.05) is 19.1 Å².